The third kappa shape index (κ3) is 4.12. The van der Waals surface area contributed by atoms with Gasteiger partial charge in [0, 0.05) is 11.9 Å². The summed E-state index contributed by atoms with van der Waals surface area (Å²) in [7, 11) is 1.95. The molecule has 110 valence electrons. The Morgan fingerprint density at radius 3 is 2.65 bits per heavy atom. The molecular formula is C17H23ClNO-. The van der Waals surface area contributed by atoms with Crippen LogP contribution in [0.4, 0.5) is 0 Å². The van der Waals surface area contributed by atoms with Gasteiger partial charge in [-0.05, 0) is 30.8 Å². The second-order valence-corrected chi connectivity index (χ2v) is 4.83. The fourth-order valence-electron chi connectivity index (χ4n) is 2.28. The van der Waals surface area contributed by atoms with Crippen molar-refractivity contribution in [3.05, 3.63) is 42.0 Å². The molecule has 2 nitrogen and oxygen atoms in total. The minimum atomic E-state index is 0. The number of hydrogen-bond donors (Lipinski definition) is 1. The first-order valence-corrected chi connectivity index (χ1v) is 7.15. The number of fused-ring (bicyclic) bond motifs is 1. The molecule has 0 saturated heterocycles. The molecule has 0 fully saturated rings. The standard InChI is InChI=1S/C17H23NO.ClH/c1-3-4-7-15-11-10-14-8-5-6-9-16(14)17(15)19-13-12-18-2;/h5-6,8-11,18H,3-4,7,12-13H2,1-2H3;1H/p-1. The van der Waals surface area contributed by atoms with Gasteiger partial charge in [-0.3, -0.25) is 0 Å². The number of rotatable bonds is 7. The summed E-state index contributed by atoms with van der Waals surface area (Å²) in [6, 6.07) is 12.9. The number of aryl methyl sites for hydroxylation is 1. The Morgan fingerprint density at radius 2 is 1.90 bits per heavy atom. The van der Waals surface area contributed by atoms with Crippen LogP contribution in [0.2, 0.25) is 0 Å². The first-order valence-electron chi connectivity index (χ1n) is 7.15. The molecule has 0 spiro atoms. The zero-order chi connectivity index (χ0) is 13.5. The lowest BCUT2D eigenvalue weighted by Gasteiger charge is -2.14. The van der Waals surface area contributed by atoms with E-state index in [1.807, 2.05) is 7.05 Å². The van der Waals surface area contributed by atoms with Crippen LogP contribution in [-0.2, 0) is 6.42 Å². The van der Waals surface area contributed by atoms with Crippen molar-refractivity contribution in [3.63, 3.8) is 0 Å². The number of halogens is 1. The highest BCUT2D eigenvalue weighted by molar-refractivity contribution is 5.89. The minimum absolute atomic E-state index is 0. The van der Waals surface area contributed by atoms with Crippen LogP contribution in [0.3, 0.4) is 0 Å². The molecule has 2 aromatic carbocycles. The van der Waals surface area contributed by atoms with Gasteiger partial charge in [0.05, 0.1) is 0 Å². The summed E-state index contributed by atoms with van der Waals surface area (Å²) in [5, 5.41) is 5.60. The van der Waals surface area contributed by atoms with E-state index in [2.05, 4.69) is 48.6 Å². The van der Waals surface area contributed by atoms with E-state index in [0.29, 0.717) is 6.61 Å². The van der Waals surface area contributed by atoms with Crippen molar-refractivity contribution in [2.24, 2.45) is 0 Å². The Labute approximate surface area is 127 Å². The highest BCUT2D eigenvalue weighted by Crippen LogP contribution is 2.30. The first kappa shape index (κ1) is 16.8. The molecular weight excluding hydrogens is 270 g/mol. The highest BCUT2D eigenvalue weighted by Gasteiger charge is 2.08. The van der Waals surface area contributed by atoms with Gasteiger partial charge in [-0.15, -0.1) is 0 Å². The van der Waals surface area contributed by atoms with E-state index in [9.17, 15) is 0 Å². The van der Waals surface area contributed by atoms with Crippen LogP contribution >= 0.6 is 0 Å². The molecule has 0 saturated carbocycles. The lowest BCUT2D eigenvalue weighted by molar-refractivity contribution is -0.00000432. The van der Waals surface area contributed by atoms with Crippen molar-refractivity contribution >= 4 is 10.8 Å². The second kappa shape index (κ2) is 8.83. The molecule has 0 radical (unpaired) electrons. The predicted molar refractivity (Wildman–Crippen MR) is 82.0 cm³/mol. The summed E-state index contributed by atoms with van der Waals surface area (Å²) in [6.07, 6.45) is 3.51. The molecule has 0 aliphatic rings. The van der Waals surface area contributed by atoms with E-state index in [-0.39, 0.29) is 12.4 Å². The van der Waals surface area contributed by atoms with Gasteiger partial charge in [0.2, 0.25) is 0 Å². The van der Waals surface area contributed by atoms with E-state index in [0.717, 1.165) is 18.7 Å². The number of ether oxygens (including phenoxy) is 1. The van der Waals surface area contributed by atoms with Crippen molar-refractivity contribution in [2.75, 3.05) is 20.2 Å². The van der Waals surface area contributed by atoms with Gasteiger partial charge in [0.25, 0.3) is 0 Å². The molecule has 0 amide bonds. The van der Waals surface area contributed by atoms with E-state index in [1.54, 1.807) is 0 Å². The smallest absolute Gasteiger partial charge is 0.130 e. The summed E-state index contributed by atoms with van der Waals surface area (Å²) < 4.78 is 6.03. The zero-order valence-electron chi connectivity index (χ0n) is 12.3. The number of benzene rings is 2. The number of unbranched alkanes of at least 4 members (excludes halogenated alkanes) is 1. The van der Waals surface area contributed by atoms with Crippen LogP contribution in [0, 0.1) is 0 Å². The SMILES string of the molecule is CCCCc1ccc2ccccc2c1OCCNC.[Cl-]. The highest BCUT2D eigenvalue weighted by atomic mass is 35.5. The molecule has 0 aromatic heterocycles. The van der Waals surface area contributed by atoms with E-state index in [1.165, 1.54) is 29.2 Å². The van der Waals surface area contributed by atoms with Crippen molar-refractivity contribution in [3.8, 4) is 5.75 Å². The van der Waals surface area contributed by atoms with Gasteiger partial charge in [0.1, 0.15) is 12.4 Å². The number of likely N-dealkylation sites (N-methyl/N-ethyl adjacent to an activating group) is 1. The van der Waals surface area contributed by atoms with Crippen LogP contribution in [-0.4, -0.2) is 20.2 Å². The molecule has 20 heavy (non-hydrogen) atoms. The van der Waals surface area contributed by atoms with Crippen molar-refractivity contribution in [1.82, 2.24) is 5.32 Å². The molecule has 0 aliphatic carbocycles. The number of nitrogens with one attached hydrogen (secondary N) is 1. The zero-order valence-corrected chi connectivity index (χ0v) is 13.0. The average molecular weight is 293 g/mol. The van der Waals surface area contributed by atoms with Crippen LogP contribution < -0.4 is 22.5 Å². The van der Waals surface area contributed by atoms with Gasteiger partial charge < -0.3 is 22.5 Å². The predicted octanol–water partition coefficient (Wildman–Crippen LogP) is 0.785. The molecule has 2 rings (SSSR count). The molecule has 2 aromatic rings. The molecule has 0 atom stereocenters. The van der Waals surface area contributed by atoms with Crippen molar-refractivity contribution < 1.29 is 17.1 Å². The quantitative estimate of drug-likeness (QED) is 0.762. The third-order valence-electron chi connectivity index (χ3n) is 3.36. The second-order valence-electron chi connectivity index (χ2n) is 4.83. The molecule has 0 bridgehead atoms. The van der Waals surface area contributed by atoms with Gasteiger partial charge in [0.15, 0.2) is 0 Å². The fourth-order valence-corrected chi connectivity index (χ4v) is 2.28. The third-order valence-corrected chi connectivity index (χ3v) is 3.36. The summed E-state index contributed by atoms with van der Waals surface area (Å²) in [6.45, 7) is 3.81. The van der Waals surface area contributed by atoms with Gasteiger partial charge in [-0.25, -0.2) is 0 Å². The maximum absolute atomic E-state index is 6.03. The lowest BCUT2D eigenvalue weighted by Crippen LogP contribution is -3.00. The van der Waals surface area contributed by atoms with E-state index >= 15 is 0 Å². The average Bonchev–Trinajstić information content (AvgIpc) is 2.46. The lowest BCUT2D eigenvalue weighted by atomic mass is 10.0. The van der Waals surface area contributed by atoms with Crippen LogP contribution in [0.15, 0.2) is 36.4 Å². The minimum Gasteiger partial charge on any atom is -1.00 e. The summed E-state index contributed by atoms with van der Waals surface area (Å²) >= 11 is 0. The molecule has 0 aliphatic heterocycles. The normalized spacial score (nSPS) is 10.3. The van der Waals surface area contributed by atoms with Crippen LogP contribution in [0.5, 0.6) is 5.75 Å². The Kier molecular flexibility index (Phi) is 7.42. The summed E-state index contributed by atoms with van der Waals surface area (Å²) in [5.74, 6) is 1.07. The monoisotopic (exact) mass is 292 g/mol. The largest absolute Gasteiger partial charge is 1.00 e. The van der Waals surface area contributed by atoms with Crippen molar-refractivity contribution in [2.45, 2.75) is 26.2 Å². The Morgan fingerprint density at radius 1 is 1.10 bits per heavy atom. The Balaban J connectivity index is 0.00000200. The molecule has 0 unspecified atom stereocenters. The fraction of sp³-hybridized carbons (Fsp3) is 0.412. The molecule has 3 heteroatoms. The summed E-state index contributed by atoms with van der Waals surface area (Å²) in [4.78, 5) is 0. The van der Waals surface area contributed by atoms with E-state index in [4.69, 9.17) is 4.74 Å². The maximum atomic E-state index is 6.03. The first-order chi connectivity index (χ1) is 9.36. The van der Waals surface area contributed by atoms with Gasteiger partial charge >= 0.3 is 0 Å². The maximum Gasteiger partial charge on any atom is 0.130 e. The Bertz CT molecular complexity index is 527. The molecule has 0 heterocycles. The van der Waals surface area contributed by atoms with Crippen LogP contribution in [0.1, 0.15) is 25.3 Å². The molecule has 1 N–H and O–H groups in total. The number of hydrogen-bond acceptors (Lipinski definition) is 2. The van der Waals surface area contributed by atoms with Crippen molar-refractivity contribution in [1.29, 1.82) is 0 Å². The van der Waals surface area contributed by atoms with E-state index < -0.39 is 0 Å². The topological polar surface area (TPSA) is 21.3 Å². The van der Waals surface area contributed by atoms with Crippen LogP contribution in [0.25, 0.3) is 10.8 Å². The Hall–Kier alpha value is -1.25. The van der Waals surface area contributed by atoms with Gasteiger partial charge in [-0.1, -0.05) is 49.7 Å². The van der Waals surface area contributed by atoms with Gasteiger partial charge in [-0.2, -0.15) is 0 Å². The summed E-state index contributed by atoms with van der Waals surface area (Å²) in [5.41, 5.74) is 1.33.